The van der Waals surface area contributed by atoms with Gasteiger partial charge in [0.05, 0.1) is 25.9 Å². The third kappa shape index (κ3) is 3.09. The minimum Gasteiger partial charge on any atom is -0.497 e. The number of benzene rings is 2. The van der Waals surface area contributed by atoms with E-state index >= 15 is 0 Å². The standard InChI is InChI=1S/C18H21NO2/c1-13-18(15-8-10-16(20-2)11-9-15)21-12-17(19-13)14-6-4-3-5-7-14/h3-11,13,17-19H,12H2,1-2H3. The van der Waals surface area contributed by atoms with E-state index in [4.69, 9.17) is 9.47 Å². The molecule has 1 heterocycles. The van der Waals surface area contributed by atoms with E-state index in [1.54, 1.807) is 7.11 Å². The van der Waals surface area contributed by atoms with E-state index in [-0.39, 0.29) is 18.2 Å². The van der Waals surface area contributed by atoms with Crippen LogP contribution in [-0.4, -0.2) is 19.8 Å². The summed E-state index contributed by atoms with van der Waals surface area (Å²) in [6.07, 6.45) is 0.0795. The van der Waals surface area contributed by atoms with Crippen LogP contribution in [0.3, 0.4) is 0 Å². The summed E-state index contributed by atoms with van der Waals surface area (Å²) in [6.45, 7) is 2.86. The molecule has 3 heteroatoms. The second-order valence-corrected chi connectivity index (χ2v) is 5.45. The Hall–Kier alpha value is -1.84. The van der Waals surface area contributed by atoms with Crippen molar-refractivity contribution in [2.24, 2.45) is 0 Å². The highest BCUT2D eigenvalue weighted by Crippen LogP contribution is 2.30. The zero-order valence-electron chi connectivity index (χ0n) is 12.5. The van der Waals surface area contributed by atoms with Gasteiger partial charge in [-0.2, -0.15) is 0 Å². The lowest BCUT2D eigenvalue weighted by Crippen LogP contribution is -2.43. The van der Waals surface area contributed by atoms with Gasteiger partial charge in [-0.3, -0.25) is 0 Å². The molecule has 1 fully saturated rings. The molecule has 2 aromatic carbocycles. The number of morpholine rings is 1. The Labute approximate surface area is 125 Å². The zero-order valence-corrected chi connectivity index (χ0v) is 12.5. The van der Waals surface area contributed by atoms with Crippen molar-refractivity contribution >= 4 is 0 Å². The summed E-state index contributed by atoms with van der Waals surface area (Å²) < 4.78 is 11.3. The molecule has 1 aliphatic heterocycles. The van der Waals surface area contributed by atoms with E-state index in [0.29, 0.717) is 6.61 Å². The number of hydrogen-bond acceptors (Lipinski definition) is 3. The van der Waals surface area contributed by atoms with Crippen molar-refractivity contribution in [3.8, 4) is 5.75 Å². The van der Waals surface area contributed by atoms with Crippen molar-refractivity contribution in [1.82, 2.24) is 5.32 Å². The van der Waals surface area contributed by atoms with Crippen LogP contribution in [0.2, 0.25) is 0 Å². The van der Waals surface area contributed by atoms with Gasteiger partial charge in [0, 0.05) is 6.04 Å². The number of rotatable bonds is 3. The van der Waals surface area contributed by atoms with Gasteiger partial charge in [0.15, 0.2) is 0 Å². The molecule has 0 amide bonds. The molecular formula is C18H21NO2. The third-order valence-corrected chi connectivity index (χ3v) is 4.01. The van der Waals surface area contributed by atoms with Crippen LogP contribution in [0.25, 0.3) is 0 Å². The van der Waals surface area contributed by atoms with Crippen molar-refractivity contribution in [2.75, 3.05) is 13.7 Å². The second-order valence-electron chi connectivity index (χ2n) is 5.45. The predicted molar refractivity (Wildman–Crippen MR) is 83.5 cm³/mol. The first kappa shape index (κ1) is 14.1. The highest BCUT2D eigenvalue weighted by atomic mass is 16.5. The normalized spacial score (nSPS) is 25.5. The van der Waals surface area contributed by atoms with Crippen LogP contribution in [0.5, 0.6) is 5.75 Å². The molecule has 0 aliphatic carbocycles. The number of nitrogens with one attached hydrogen (secondary N) is 1. The largest absolute Gasteiger partial charge is 0.497 e. The molecule has 0 spiro atoms. The Bertz CT molecular complexity index is 568. The Kier molecular flexibility index (Phi) is 4.23. The van der Waals surface area contributed by atoms with Crippen molar-refractivity contribution in [3.63, 3.8) is 0 Å². The Morgan fingerprint density at radius 3 is 2.33 bits per heavy atom. The maximum absolute atomic E-state index is 6.11. The summed E-state index contributed by atoms with van der Waals surface area (Å²) in [5, 5.41) is 3.65. The smallest absolute Gasteiger partial charge is 0.118 e. The van der Waals surface area contributed by atoms with Gasteiger partial charge in [-0.05, 0) is 30.2 Å². The maximum Gasteiger partial charge on any atom is 0.118 e. The summed E-state index contributed by atoms with van der Waals surface area (Å²) in [6, 6.07) is 19.1. The molecule has 3 unspecified atom stereocenters. The van der Waals surface area contributed by atoms with Crippen molar-refractivity contribution in [2.45, 2.75) is 25.1 Å². The van der Waals surface area contributed by atoms with Crippen LogP contribution >= 0.6 is 0 Å². The Balaban J connectivity index is 1.70. The molecule has 0 saturated carbocycles. The summed E-state index contributed by atoms with van der Waals surface area (Å²) in [4.78, 5) is 0. The molecule has 110 valence electrons. The van der Waals surface area contributed by atoms with Crippen molar-refractivity contribution in [1.29, 1.82) is 0 Å². The minimum atomic E-state index is 0.0795. The van der Waals surface area contributed by atoms with Crippen LogP contribution in [0.15, 0.2) is 54.6 Å². The van der Waals surface area contributed by atoms with Gasteiger partial charge in [-0.25, -0.2) is 0 Å². The monoisotopic (exact) mass is 283 g/mol. The molecule has 0 bridgehead atoms. The molecule has 2 aromatic rings. The summed E-state index contributed by atoms with van der Waals surface area (Å²) >= 11 is 0. The molecule has 21 heavy (non-hydrogen) atoms. The molecule has 1 N–H and O–H groups in total. The molecule has 0 aromatic heterocycles. The van der Waals surface area contributed by atoms with Crippen LogP contribution in [-0.2, 0) is 4.74 Å². The Morgan fingerprint density at radius 2 is 1.71 bits per heavy atom. The number of ether oxygens (including phenoxy) is 2. The SMILES string of the molecule is COc1ccc(C2OCC(c3ccccc3)NC2C)cc1. The van der Waals surface area contributed by atoms with E-state index < -0.39 is 0 Å². The van der Waals surface area contributed by atoms with Gasteiger partial charge in [-0.1, -0.05) is 42.5 Å². The first-order chi connectivity index (χ1) is 10.3. The van der Waals surface area contributed by atoms with Crippen LogP contribution in [0.1, 0.15) is 30.2 Å². The summed E-state index contributed by atoms with van der Waals surface area (Å²) in [7, 11) is 1.68. The quantitative estimate of drug-likeness (QED) is 0.935. The lowest BCUT2D eigenvalue weighted by atomic mass is 9.98. The van der Waals surface area contributed by atoms with Gasteiger partial charge in [-0.15, -0.1) is 0 Å². The lowest BCUT2D eigenvalue weighted by molar-refractivity contribution is -0.0253. The Morgan fingerprint density at radius 1 is 1.00 bits per heavy atom. The van der Waals surface area contributed by atoms with E-state index in [1.165, 1.54) is 11.1 Å². The molecule has 1 aliphatic rings. The lowest BCUT2D eigenvalue weighted by Gasteiger charge is -2.36. The van der Waals surface area contributed by atoms with Crippen LogP contribution in [0, 0.1) is 0 Å². The fourth-order valence-electron chi connectivity index (χ4n) is 2.85. The summed E-state index contributed by atoms with van der Waals surface area (Å²) in [5.41, 5.74) is 2.46. The van der Waals surface area contributed by atoms with Gasteiger partial charge < -0.3 is 14.8 Å². The third-order valence-electron chi connectivity index (χ3n) is 4.01. The average molecular weight is 283 g/mol. The van der Waals surface area contributed by atoms with Crippen molar-refractivity contribution in [3.05, 3.63) is 65.7 Å². The van der Waals surface area contributed by atoms with E-state index in [2.05, 4.69) is 48.6 Å². The van der Waals surface area contributed by atoms with Crippen LogP contribution in [0.4, 0.5) is 0 Å². The van der Waals surface area contributed by atoms with Gasteiger partial charge in [0.1, 0.15) is 5.75 Å². The number of methoxy groups -OCH3 is 1. The topological polar surface area (TPSA) is 30.5 Å². The van der Waals surface area contributed by atoms with Crippen LogP contribution < -0.4 is 10.1 Å². The predicted octanol–water partition coefficient (Wildman–Crippen LogP) is 3.49. The van der Waals surface area contributed by atoms with Gasteiger partial charge in [0.25, 0.3) is 0 Å². The fourth-order valence-corrected chi connectivity index (χ4v) is 2.85. The molecule has 1 saturated heterocycles. The van der Waals surface area contributed by atoms with Gasteiger partial charge in [0.2, 0.25) is 0 Å². The first-order valence-electron chi connectivity index (χ1n) is 7.34. The zero-order chi connectivity index (χ0) is 14.7. The highest BCUT2D eigenvalue weighted by Gasteiger charge is 2.29. The van der Waals surface area contributed by atoms with Gasteiger partial charge >= 0.3 is 0 Å². The van der Waals surface area contributed by atoms with E-state index in [9.17, 15) is 0 Å². The molecule has 3 rings (SSSR count). The van der Waals surface area contributed by atoms with Crippen molar-refractivity contribution < 1.29 is 9.47 Å². The molecule has 3 nitrogen and oxygen atoms in total. The van der Waals surface area contributed by atoms with E-state index in [0.717, 1.165) is 5.75 Å². The minimum absolute atomic E-state index is 0.0795. The number of hydrogen-bond donors (Lipinski definition) is 1. The molecular weight excluding hydrogens is 262 g/mol. The van der Waals surface area contributed by atoms with E-state index in [1.807, 2.05) is 18.2 Å². The second kappa shape index (κ2) is 6.29. The highest BCUT2D eigenvalue weighted by molar-refractivity contribution is 5.30. The molecule has 0 radical (unpaired) electrons. The average Bonchev–Trinajstić information content (AvgIpc) is 2.56. The first-order valence-corrected chi connectivity index (χ1v) is 7.34. The molecule has 3 atom stereocenters. The fraction of sp³-hybridized carbons (Fsp3) is 0.333. The summed E-state index contributed by atoms with van der Waals surface area (Å²) in [5.74, 6) is 0.873. The maximum atomic E-state index is 6.11.